The van der Waals surface area contributed by atoms with Crippen molar-refractivity contribution in [3.05, 3.63) is 53.6 Å². The van der Waals surface area contributed by atoms with E-state index in [0.717, 1.165) is 29.7 Å². The standard InChI is InChI=1S/C21H26N2O4S/c1-3-12-28(25,26)23-11-5-7-17-15-18(9-10-20(17)23)22-21(24)14-16-6-4-8-19(13-16)27-2/h4,6,8-10,13,15H,3,5,7,11-12,14H2,1-2H3,(H,22,24). The summed E-state index contributed by atoms with van der Waals surface area (Å²) in [4.78, 5) is 12.4. The smallest absolute Gasteiger partial charge is 0.235 e. The van der Waals surface area contributed by atoms with Crippen LogP contribution >= 0.6 is 0 Å². The molecule has 0 unspecified atom stereocenters. The minimum Gasteiger partial charge on any atom is -0.497 e. The van der Waals surface area contributed by atoms with Gasteiger partial charge in [0.15, 0.2) is 0 Å². The molecule has 1 heterocycles. The second-order valence-corrected chi connectivity index (χ2v) is 8.92. The number of carbonyl (C=O) groups excluding carboxylic acids is 1. The van der Waals surface area contributed by atoms with Gasteiger partial charge in [-0.25, -0.2) is 8.42 Å². The second-order valence-electron chi connectivity index (χ2n) is 6.91. The van der Waals surface area contributed by atoms with Gasteiger partial charge in [-0.05, 0) is 60.7 Å². The molecule has 2 aromatic carbocycles. The van der Waals surface area contributed by atoms with Crippen LogP contribution in [0.2, 0.25) is 0 Å². The Morgan fingerprint density at radius 3 is 2.79 bits per heavy atom. The van der Waals surface area contributed by atoms with Crippen LogP contribution in [-0.4, -0.2) is 33.7 Å². The van der Waals surface area contributed by atoms with E-state index in [4.69, 9.17) is 4.74 Å². The Morgan fingerprint density at radius 2 is 2.04 bits per heavy atom. The number of hydrogen-bond acceptors (Lipinski definition) is 4. The highest BCUT2D eigenvalue weighted by atomic mass is 32.2. The van der Waals surface area contributed by atoms with E-state index >= 15 is 0 Å². The lowest BCUT2D eigenvalue weighted by Gasteiger charge is -2.30. The number of anilines is 2. The van der Waals surface area contributed by atoms with Gasteiger partial charge >= 0.3 is 0 Å². The maximum absolute atomic E-state index is 12.5. The molecule has 1 amide bonds. The third kappa shape index (κ3) is 4.65. The summed E-state index contributed by atoms with van der Waals surface area (Å²) in [5, 5.41) is 2.91. The number of aryl methyl sites for hydroxylation is 1. The van der Waals surface area contributed by atoms with Gasteiger partial charge in [0.25, 0.3) is 0 Å². The average molecular weight is 403 g/mol. The Labute approximate surface area is 166 Å². The van der Waals surface area contributed by atoms with Crippen LogP contribution in [0.3, 0.4) is 0 Å². The summed E-state index contributed by atoms with van der Waals surface area (Å²) < 4.78 is 31.7. The normalized spacial score (nSPS) is 13.7. The monoisotopic (exact) mass is 402 g/mol. The first-order chi connectivity index (χ1) is 13.4. The van der Waals surface area contributed by atoms with Crippen molar-refractivity contribution in [3.63, 3.8) is 0 Å². The van der Waals surface area contributed by atoms with Crippen molar-refractivity contribution in [1.82, 2.24) is 0 Å². The maximum atomic E-state index is 12.5. The van der Waals surface area contributed by atoms with E-state index in [1.165, 1.54) is 4.31 Å². The van der Waals surface area contributed by atoms with E-state index in [1.54, 1.807) is 19.2 Å². The van der Waals surface area contributed by atoms with Crippen molar-refractivity contribution < 1.29 is 17.9 Å². The topological polar surface area (TPSA) is 75.7 Å². The van der Waals surface area contributed by atoms with Crippen LogP contribution < -0.4 is 14.4 Å². The average Bonchev–Trinajstić information content (AvgIpc) is 2.67. The van der Waals surface area contributed by atoms with Gasteiger partial charge in [-0.1, -0.05) is 19.1 Å². The van der Waals surface area contributed by atoms with Gasteiger partial charge in [-0.15, -0.1) is 0 Å². The van der Waals surface area contributed by atoms with Crippen molar-refractivity contribution in [2.24, 2.45) is 0 Å². The molecule has 0 saturated heterocycles. The van der Waals surface area contributed by atoms with E-state index in [9.17, 15) is 13.2 Å². The number of benzene rings is 2. The van der Waals surface area contributed by atoms with Crippen molar-refractivity contribution in [3.8, 4) is 5.75 Å². The molecular formula is C21H26N2O4S. The molecule has 3 rings (SSSR count). The predicted molar refractivity (Wildman–Crippen MR) is 112 cm³/mol. The number of nitrogens with one attached hydrogen (secondary N) is 1. The SMILES string of the molecule is CCCS(=O)(=O)N1CCCc2cc(NC(=O)Cc3cccc(OC)c3)ccc21. The Bertz CT molecular complexity index is 957. The van der Waals surface area contributed by atoms with Crippen LogP contribution in [0, 0.1) is 0 Å². The van der Waals surface area contributed by atoms with Gasteiger partial charge < -0.3 is 10.1 Å². The highest BCUT2D eigenvalue weighted by Crippen LogP contribution is 2.32. The summed E-state index contributed by atoms with van der Waals surface area (Å²) in [5.74, 6) is 0.734. The van der Waals surface area contributed by atoms with E-state index in [0.29, 0.717) is 24.4 Å². The van der Waals surface area contributed by atoms with Crippen LogP contribution in [0.15, 0.2) is 42.5 Å². The minimum absolute atomic E-state index is 0.125. The number of methoxy groups -OCH3 is 1. The van der Waals surface area contributed by atoms with Crippen LogP contribution in [0.1, 0.15) is 30.9 Å². The first-order valence-electron chi connectivity index (χ1n) is 9.49. The van der Waals surface area contributed by atoms with Gasteiger partial charge in [-0.3, -0.25) is 9.10 Å². The number of ether oxygens (including phenoxy) is 1. The van der Waals surface area contributed by atoms with Crippen molar-refractivity contribution in [2.75, 3.05) is 29.0 Å². The Hall–Kier alpha value is -2.54. The number of sulfonamides is 1. The molecule has 1 aliphatic rings. The summed E-state index contributed by atoms with van der Waals surface area (Å²) in [6.07, 6.45) is 2.40. The Balaban J connectivity index is 1.73. The molecule has 0 aromatic heterocycles. The lowest BCUT2D eigenvalue weighted by molar-refractivity contribution is -0.115. The summed E-state index contributed by atoms with van der Waals surface area (Å²) in [7, 11) is -1.70. The first kappa shape index (κ1) is 20.2. The lowest BCUT2D eigenvalue weighted by Crippen LogP contribution is -2.37. The van der Waals surface area contributed by atoms with Crippen LogP contribution in [0.4, 0.5) is 11.4 Å². The molecule has 0 aliphatic carbocycles. The van der Waals surface area contributed by atoms with E-state index < -0.39 is 10.0 Å². The molecule has 0 saturated carbocycles. The van der Waals surface area contributed by atoms with Gasteiger partial charge in [0, 0.05) is 12.2 Å². The molecular weight excluding hydrogens is 376 g/mol. The zero-order valence-electron chi connectivity index (χ0n) is 16.3. The van der Waals surface area contributed by atoms with Crippen molar-refractivity contribution in [1.29, 1.82) is 0 Å². The summed E-state index contributed by atoms with van der Waals surface area (Å²) in [5.41, 5.74) is 3.23. The summed E-state index contributed by atoms with van der Waals surface area (Å²) >= 11 is 0. The molecule has 0 radical (unpaired) electrons. The van der Waals surface area contributed by atoms with Crippen molar-refractivity contribution >= 4 is 27.3 Å². The third-order valence-electron chi connectivity index (χ3n) is 4.74. The van der Waals surface area contributed by atoms with Crippen molar-refractivity contribution in [2.45, 2.75) is 32.6 Å². The fraction of sp³-hybridized carbons (Fsp3) is 0.381. The van der Waals surface area contributed by atoms with E-state index in [-0.39, 0.29) is 18.1 Å². The molecule has 2 aromatic rings. The fourth-order valence-corrected chi connectivity index (χ4v) is 5.09. The van der Waals surface area contributed by atoms with Gasteiger partial charge in [0.1, 0.15) is 5.75 Å². The van der Waals surface area contributed by atoms with Gasteiger partial charge in [-0.2, -0.15) is 0 Å². The Kier molecular flexibility index (Phi) is 6.24. The predicted octanol–water partition coefficient (Wildman–Crippen LogP) is 3.37. The first-order valence-corrected chi connectivity index (χ1v) is 11.1. The Morgan fingerprint density at radius 1 is 1.21 bits per heavy atom. The highest BCUT2D eigenvalue weighted by molar-refractivity contribution is 7.92. The molecule has 1 aliphatic heterocycles. The summed E-state index contributed by atoms with van der Waals surface area (Å²) in [6, 6.07) is 12.8. The molecule has 0 spiro atoms. The number of carbonyl (C=O) groups is 1. The molecule has 0 fully saturated rings. The van der Waals surface area contributed by atoms with Gasteiger partial charge in [0.05, 0.1) is 25.0 Å². The minimum atomic E-state index is -3.30. The zero-order chi connectivity index (χ0) is 20.1. The third-order valence-corrected chi connectivity index (χ3v) is 6.71. The lowest BCUT2D eigenvalue weighted by atomic mass is 10.0. The van der Waals surface area contributed by atoms with Crippen LogP contribution in [0.25, 0.3) is 0 Å². The highest BCUT2D eigenvalue weighted by Gasteiger charge is 2.26. The molecule has 7 heteroatoms. The molecule has 28 heavy (non-hydrogen) atoms. The number of hydrogen-bond donors (Lipinski definition) is 1. The molecule has 6 nitrogen and oxygen atoms in total. The largest absolute Gasteiger partial charge is 0.497 e. The van der Waals surface area contributed by atoms with Crippen LogP contribution in [0.5, 0.6) is 5.75 Å². The number of amides is 1. The number of rotatable bonds is 7. The zero-order valence-corrected chi connectivity index (χ0v) is 17.1. The van der Waals surface area contributed by atoms with Crippen LogP contribution in [-0.2, 0) is 27.7 Å². The summed E-state index contributed by atoms with van der Waals surface area (Å²) in [6.45, 7) is 2.38. The quantitative estimate of drug-likeness (QED) is 0.770. The number of nitrogens with zero attached hydrogens (tertiary/aromatic N) is 1. The maximum Gasteiger partial charge on any atom is 0.235 e. The number of fused-ring (bicyclic) bond motifs is 1. The van der Waals surface area contributed by atoms with E-state index in [1.807, 2.05) is 37.3 Å². The molecule has 1 N–H and O–H groups in total. The molecule has 150 valence electrons. The molecule has 0 atom stereocenters. The fourth-order valence-electron chi connectivity index (χ4n) is 3.47. The van der Waals surface area contributed by atoms with E-state index in [2.05, 4.69) is 5.32 Å². The second kappa shape index (κ2) is 8.65. The van der Waals surface area contributed by atoms with Gasteiger partial charge in [0.2, 0.25) is 15.9 Å². The molecule has 0 bridgehead atoms.